The van der Waals surface area contributed by atoms with Crippen molar-refractivity contribution in [3.63, 3.8) is 0 Å². The molecule has 2 amide bonds. The Morgan fingerprint density at radius 3 is 2.52 bits per heavy atom. The van der Waals surface area contributed by atoms with Gasteiger partial charge in [-0.25, -0.2) is 19.3 Å². The normalized spacial score (nSPS) is 18.4. The molecular weight excluding hydrogens is 426 g/mol. The van der Waals surface area contributed by atoms with Gasteiger partial charge in [-0.3, -0.25) is 9.69 Å². The van der Waals surface area contributed by atoms with Crippen LogP contribution in [0.1, 0.15) is 36.8 Å². The molecule has 0 saturated carbocycles. The van der Waals surface area contributed by atoms with Crippen LogP contribution in [-0.2, 0) is 0 Å². The van der Waals surface area contributed by atoms with Gasteiger partial charge in [0.05, 0.1) is 54.1 Å². The summed E-state index contributed by atoms with van der Waals surface area (Å²) < 4.78 is 7.33. The van der Waals surface area contributed by atoms with Crippen molar-refractivity contribution in [2.24, 2.45) is 0 Å². The standard InChI is InChI=1S/C22H27N7O4/c1-5-33-18-12-28-16(6-13(2)26-28)7-17(18)21(30)25-19-8-24-20(9-23-19)27-10-14(3)29(22(31)32)15(4)11-27/h6-9,12,14-15H,5,10-11H2,1-4H3,(H,31,32)(H,23,25,30)/t14-,15+. The second-order valence-corrected chi connectivity index (χ2v) is 8.15. The molecule has 1 saturated heterocycles. The topological polar surface area (TPSA) is 125 Å². The van der Waals surface area contributed by atoms with E-state index >= 15 is 0 Å². The van der Waals surface area contributed by atoms with Crippen molar-refractivity contribution in [3.05, 3.63) is 42.0 Å². The summed E-state index contributed by atoms with van der Waals surface area (Å²) in [6, 6.07) is 3.26. The largest absolute Gasteiger partial charge is 0.491 e. The number of piperazine rings is 1. The zero-order chi connectivity index (χ0) is 23.7. The Kier molecular flexibility index (Phi) is 6.03. The van der Waals surface area contributed by atoms with E-state index in [-0.39, 0.29) is 18.0 Å². The Balaban J connectivity index is 1.50. The van der Waals surface area contributed by atoms with Gasteiger partial charge in [-0.2, -0.15) is 5.10 Å². The maximum absolute atomic E-state index is 13.0. The zero-order valence-corrected chi connectivity index (χ0v) is 19.0. The number of rotatable bonds is 5. The van der Waals surface area contributed by atoms with Gasteiger partial charge in [0, 0.05) is 13.1 Å². The summed E-state index contributed by atoms with van der Waals surface area (Å²) in [6.45, 7) is 8.91. The van der Waals surface area contributed by atoms with Gasteiger partial charge < -0.3 is 20.1 Å². The van der Waals surface area contributed by atoms with Gasteiger partial charge in [0.15, 0.2) is 5.82 Å². The third-order valence-electron chi connectivity index (χ3n) is 5.57. The Morgan fingerprint density at radius 1 is 1.18 bits per heavy atom. The van der Waals surface area contributed by atoms with Crippen LogP contribution in [0.4, 0.5) is 16.4 Å². The van der Waals surface area contributed by atoms with E-state index in [1.165, 1.54) is 11.1 Å². The highest BCUT2D eigenvalue weighted by Crippen LogP contribution is 2.24. The van der Waals surface area contributed by atoms with Crippen molar-refractivity contribution in [2.75, 3.05) is 29.9 Å². The summed E-state index contributed by atoms with van der Waals surface area (Å²) in [7, 11) is 0. The van der Waals surface area contributed by atoms with Crippen molar-refractivity contribution in [2.45, 2.75) is 39.8 Å². The van der Waals surface area contributed by atoms with Crippen LogP contribution in [0, 0.1) is 6.92 Å². The maximum atomic E-state index is 13.0. The molecule has 3 aromatic heterocycles. The number of fused-ring (bicyclic) bond motifs is 1. The molecule has 11 heteroatoms. The molecule has 0 spiro atoms. The zero-order valence-electron chi connectivity index (χ0n) is 19.0. The molecule has 4 heterocycles. The van der Waals surface area contributed by atoms with Gasteiger partial charge >= 0.3 is 6.09 Å². The lowest BCUT2D eigenvalue weighted by Crippen LogP contribution is -2.58. The van der Waals surface area contributed by atoms with E-state index in [0.29, 0.717) is 42.6 Å². The van der Waals surface area contributed by atoms with Crippen LogP contribution in [0.5, 0.6) is 5.75 Å². The summed E-state index contributed by atoms with van der Waals surface area (Å²) >= 11 is 0. The minimum absolute atomic E-state index is 0.175. The molecule has 2 N–H and O–H groups in total. The van der Waals surface area contributed by atoms with Gasteiger partial charge in [0.2, 0.25) is 0 Å². The molecule has 11 nitrogen and oxygen atoms in total. The van der Waals surface area contributed by atoms with E-state index in [0.717, 1.165) is 11.2 Å². The number of hydrogen-bond acceptors (Lipinski definition) is 7. The smallest absolute Gasteiger partial charge is 0.407 e. The monoisotopic (exact) mass is 453 g/mol. The van der Waals surface area contributed by atoms with Crippen LogP contribution in [0.25, 0.3) is 5.52 Å². The van der Waals surface area contributed by atoms with Gasteiger partial charge in [-0.15, -0.1) is 0 Å². The first-order valence-corrected chi connectivity index (χ1v) is 10.8. The first kappa shape index (κ1) is 22.3. The van der Waals surface area contributed by atoms with Gasteiger partial charge in [0.25, 0.3) is 5.91 Å². The number of anilines is 2. The van der Waals surface area contributed by atoms with Crippen molar-refractivity contribution < 1.29 is 19.4 Å². The Hall–Kier alpha value is -3.89. The lowest BCUT2D eigenvalue weighted by Gasteiger charge is -2.43. The number of ether oxygens (including phenoxy) is 1. The van der Waals surface area contributed by atoms with Crippen molar-refractivity contribution in [3.8, 4) is 5.75 Å². The fourth-order valence-corrected chi connectivity index (χ4v) is 4.22. The number of aromatic nitrogens is 4. The van der Waals surface area contributed by atoms with Crippen molar-refractivity contribution in [1.82, 2.24) is 24.5 Å². The minimum Gasteiger partial charge on any atom is -0.491 e. The molecular formula is C22H27N7O4. The first-order chi connectivity index (χ1) is 15.8. The van der Waals surface area contributed by atoms with Gasteiger partial charge in [-0.05, 0) is 39.8 Å². The van der Waals surface area contributed by atoms with E-state index in [4.69, 9.17) is 4.74 Å². The molecule has 0 unspecified atom stereocenters. The molecule has 2 atom stereocenters. The average Bonchev–Trinajstić information content (AvgIpc) is 3.12. The van der Waals surface area contributed by atoms with Crippen LogP contribution < -0.4 is 15.0 Å². The number of carbonyl (C=O) groups is 2. The van der Waals surface area contributed by atoms with E-state index in [1.54, 1.807) is 23.0 Å². The molecule has 0 aliphatic carbocycles. The SMILES string of the molecule is CCOc1cn2nc(C)cc2cc1C(=O)Nc1cnc(N2C[C@@H](C)N(C(=O)O)[C@@H](C)C2)cn1. The third kappa shape index (κ3) is 4.52. The predicted octanol–water partition coefficient (Wildman–Crippen LogP) is 2.66. The molecule has 1 aliphatic rings. The summed E-state index contributed by atoms with van der Waals surface area (Å²) in [6.07, 6.45) is 3.84. The van der Waals surface area contributed by atoms with E-state index < -0.39 is 6.09 Å². The molecule has 4 rings (SSSR count). The van der Waals surface area contributed by atoms with E-state index in [1.807, 2.05) is 38.7 Å². The minimum atomic E-state index is -0.922. The quantitative estimate of drug-likeness (QED) is 0.604. The number of carboxylic acid groups (broad SMARTS) is 1. The van der Waals surface area contributed by atoms with Crippen LogP contribution in [0.2, 0.25) is 0 Å². The molecule has 33 heavy (non-hydrogen) atoms. The highest BCUT2D eigenvalue weighted by molar-refractivity contribution is 6.06. The predicted molar refractivity (Wildman–Crippen MR) is 122 cm³/mol. The summed E-state index contributed by atoms with van der Waals surface area (Å²) in [5.41, 5.74) is 2.00. The Labute approximate surface area is 191 Å². The Morgan fingerprint density at radius 2 is 1.91 bits per heavy atom. The van der Waals surface area contributed by atoms with Crippen LogP contribution in [0.3, 0.4) is 0 Å². The maximum Gasteiger partial charge on any atom is 0.407 e. The van der Waals surface area contributed by atoms with Crippen LogP contribution >= 0.6 is 0 Å². The summed E-state index contributed by atoms with van der Waals surface area (Å²) in [4.78, 5) is 36.6. The highest BCUT2D eigenvalue weighted by Gasteiger charge is 2.33. The molecule has 0 aromatic carbocycles. The fourth-order valence-electron chi connectivity index (χ4n) is 4.22. The molecule has 0 bridgehead atoms. The fraction of sp³-hybridized carbons (Fsp3) is 0.409. The third-order valence-corrected chi connectivity index (χ3v) is 5.57. The highest BCUT2D eigenvalue weighted by atomic mass is 16.5. The molecule has 3 aromatic rings. The van der Waals surface area contributed by atoms with Crippen molar-refractivity contribution in [1.29, 1.82) is 0 Å². The number of pyridine rings is 1. The van der Waals surface area contributed by atoms with Gasteiger partial charge in [0.1, 0.15) is 11.6 Å². The number of nitrogens with zero attached hydrogens (tertiary/aromatic N) is 6. The first-order valence-electron chi connectivity index (χ1n) is 10.8. The van der Waals surface area contributed by atoms with E-state index in [2.05, 4.69) is 20.4 Å². The summed E-state index contributed by atoms with van der Waals surface area (Å²) in [5, 5.41) is 16.5. The van der Waals surface area contributed by atoms with Crippen LogP contribution in [0.15, 0.2) is 30.7 Å². The van der Waals surface area contributed by atoms with Gasteiger partial charge in [-0.1, -0.05) is 0 Å². The second kappa shape index (κ2) is 8.93. The van der Waals surface area contributed by atoms with E-state index in [9.17, 15) is 14.7 Å². The number of nitrogens with one attached hydrogen (secondary N) is 1. The Bertz CT molecular complexity index is 1170. The lowest BCUT2D eigenvalue weighted by molar-refractivity contribution is 0.0979. The molecule has 1 aliphatic heterocycles. The number of aryl methyl sites for hydroxylation is 1. The molecule has 174 valence electrons. The number of carbonyl (C=O) groups excluding carboxylic acids is 1. The molecule has 0 radical (unpaired) electrons. The molecule has 1 fully saturated rings. The summed E-state index contributed by atoms with van der Waals surface area (Å²) in [5.74, 6) is 0.998. The van der Waals surface area contributed by atoms with Crippen molar-refractivity contribution >= 4 is 29.2 Å². The number of amides is 2. The van der Waals surface area contributed by atoms with Crippen LogP contribution in [-0.4, -0.2) is 73.4 Å². The average molecular weight is 454 g/mol. The second-order valence-electron chi connectivity index (χ2n) is 8.15. The number of hydrogen-bond donors (Lipinski definition) is 2. The lowest BCUT2D eigenvalue weighted by atomic mass is 10.1.